The van der Waals surface area contributed by atoms with Crippen LogP contribution in [0.3, 0.4) is 0 Å². The van der Waals surface area contributed by atoms with Crippen LogP contribution in [0.1, 0.15) is 55.9 Å². The van der Waals surface area contributed by atoms with Gasteiger partial charge in [-0.3, -0.25) is 9.69 Å². The summed E-state index contributed by atoms with van der Waals surface area (Å²) in [6.45, 7) is 11.5. The lowest BCUT2D eigenvalue weighted by atomic mass is 9.71. The molecule has 0 aromatic heterocycles. The van der Waals surface area contributed by atoms with E-state index in [4.69, 9.17) is 4.74 Å². The van der Waals surface area contributed by atoms with E-state index in [0.717, 1.165) is 39.0 Å². The average Bonchev–Trinajstić information content (AvgIpc) is 3.35. The van der Waals surface area contributed by atoms with Gasteiger partial charge in [0, 0.05) is 54.8 Å². The number of sulfonamides is 1. The summed E-state index contributed by atoms with van der Waals surface area (Å²) in [6.07, 6.45) is 2.27. The number of likely N-dealkylation sites (tertiary alicyclic amines) is 3. The Bertz CT molecular complexity index is 2050. The first-order valence-corrected chi connectivity index (χ1v) is 18.8. The number of nitriles is 2. The van der Waals surface area contributed by atoms with Crippen LogP contribution in [-0.2, 0) is 20.4 Å². The molecule has 51 heavy (non-hydrogen) atoms. The molecule has 0 bridgehead atoms. The second-order valence-electron chi connectivity index (χ2n) is 14.3. The highest BCUT2D eigenvalue weighted by atomic mass is 32.2. The van der Waals surface area contributed by atoms with Gasteiger partial charge in [-0.15, -0.1) is 0 Å². The molecule has 4 aliphatic heterocycles. The molecule has 0 unspecified atom stereocenters. The molecule has 1 N–H and O–H groups in total. The zero-order valence-electron chi connectivity index (χ0n) is 29.0. The number of para-hydroxylation sites is 1. The Morgan fingerprint density at radius 3 is 2.22 bits per heavy atom. The lowest BCUT2D eigenvalue weighted by molar-refractivity contribution is -0.124. The molecule has 3 fully saturated rings. The molecule has 3 aromatic carbocycles. The van der Waals surface area contributed by atoms with Crippen LogP contribution in [0.4, 0.5) is 10.5 Å². The fraction of sp³-hybridized carbons (Fsp3) is 0.421. The largest absolute Gasteiger partial charge is 0.493 e. The molecule has 13 heteroatoms. The maximum absolute atomic E-state index is 15.0. The van der Waals surface area contributed by atoms with Gasteiger partial charge in [-0.1, -0.05) is 18.2 Å². The fourth-order valence-electron chi connectivity index (χ4n) is 8.20. The monoisotopic (exact) mass is 707 g/mol. The number of urea groups is 1. The molecule has 0 radical (unpaired) electrons. The molecule has 4 heterocycles. The molecule has 0 saturated carbocycles. The van der Waals surface area contributed by atoms with E-state index >= 15 is 4.79 Å². The number of anilines is 1. The minimum Gasteiger partial charge on any atom is -0.493 e. The summed E-state index contributed by atoms with van der Waals surface area (Å²) >= 11 is 0. The third-order valence-corrected chi connectivity index (χ3v) is 12.5. The standard InChI is InChI=1S/C38H41N7O5S/c1-4-50-34-8-6-5-7-31(34)38(41-36(47)44-24-37(25-44)22-43(23-37)29-15-17-42(18-16-29)26(2)3)32-19-28(21-40)11-14-33(32)45(35(38)46)51(48,49)30-12-9-27(20-39)10-13-30/h5-14,19,26,29H,4,15-18,22-25H2,1-3H3,(H,41,47)/t38-/m0/s1. The first-order chi connectivity index (χ1) is 24.5. The average molecular weight is 708 g/mol. The third kappa shape index (κ3) is 5.70. The number of nitrogens with one attached hydrogen (secondary N) is 1. The van der Waals surface area contributed by atoms with Gasteiger partial charge in [0.1, 0.15) is 5.75 Å². The van der Waals surface area contributed by atoms with Crippen LogP contribution >= 0.6 is 0 Å². The SMILES string of the molecule is CCOc1ccccc1[C@@]1(NC(=O)N2CC3(C2)CN(C2CCN(C(C)C)CC2)C3)C(=O)N(S(=O)(=O)c2ccc(C#N)cc2)c2ccc(C#N)cc21. The molecule has 0 aliphatic carbocycles. The van der Waals surface area contributed by atoms with Crippen LogP contribution in [0.5, 0.6) is 5.75 Å². The number of hydrogen-bond acceptors (Lipinski definition) is 9. The highest BCUT2D eigenvalue weighted by molar-refractivity contribution is 7.93. The van der Waals surface area contributed by atoms with E-state index in [1.54, 1.807) is 36.1 Å². The first kappa shape index (κ1) is 34.5. The maximum atomic E-state index is 15.0. The van der Waals surface area contributed by atoms with Gasteiger partial charge >= 0.3 is 6.03 Å². The van der Waals surface area contributed by atoms with Crippen molar-refractivity contribution in [2.24, 2.45) is 5.41 Å². The van der Waals surface area contributed by atoms with Gasteiger partial charge in [-0.25, -0.2) is 13.2 Å². The predicted octanol–water partition coefficient (Wildman–Crippen LogP) is 4.01. The predicted molar refractivity (Wildman–Crippen MR) is 189 cm³/mol. The number of piperidine rings is 1. The molecule has 3 aromatic rings. The normalized spacial score (nSPS) is 21.8. The Hall–Kier alpha value is -4.95. The number of nitrogens with zero attached hydrogens (tertiary/aromatic N) is 6. The maximum Gasteiger partial charge on any atom is 0.318 e. The third-order valence-electron chi connectivity index (χ3n) is 10.8. The summed E-state index contributed by atoms with van der Waals surface area (Å²) in [6, 6.07) is 20.9. The number of carbonyl (C=O) groups excluding carboxylic acids is 2. The quantitative estimate of drug-likeness (QED) is 0.367. The molecule has 1 spiro atoms. The smallest absolute Gasteiger partial charge is 0.318 e. The summed E-state index contributed by atoms with van der Waals surface area (Å²) in [5.41, 5.74) is -1.23. The molecule has 1 atom stereocenters. The topological polar surface area (TPSA) is 150 Å². The van der Waals surface area contributed by atoms with Crippen molar-refractivity contribution in [2.75, 3.05) is 50.2 Å². The van der Waals surface area contributed by atoms with Gasteiger partial charge in [0.25, 0.3) is 15.9 Å². The first-order valence-electron chi connectivity index (χ1n) is 17.4. The van der Waals surface area contributed by atoms with Crippen molar-refractivity contribution in [3.63, 3.8) is 0 Å². The number of amides is 3. The lowest BCUT2D eigenvalue weighted by Crippen LogP contribution is -2.76. The summed E-state index contributed by atoms with van der Waals surface area (Å²) in [7, 11) is -4.56. The summed E-state index contributed by atoms with van der Waals surface area (Å²) in [4.78, 5) is 35.8. The van der Waals surface area contributed by atoms with Gasteiger partial charge in [0.05, 0.1) is 40.5 Å². The molecular formula is C38H41N7O5S. The second kappa shape index (κ2) is 13.0. The van der Waals surface area contributed by atoms with Gasteiger partial charge in [0.2, 0.25) is 0 Å². The highest BCUT2D eigenvalue weighted by Gasteiger charge is 2.60. The van der Waals surface area contributed by atoms with Gasteiger partial charge in [-0.2, -0.15) is 14.8 Å². The molecular weight excluding hydrogens is 667 g/mol. The Morgan fingerprint density at radius 2 is 1.59 bits per heavy atom. The zero-order chi connectivity index (χ0) is 36.1. The molecule has 4 aliphatic rings. The number of rotatable bonds is 8. The van der Waals surface area contributed by atoms with Crippen LogP contribution in [-0.4, -0.2) is 93.0 Å². The minimum atomic E-state index is -4.56. The van der Waals surface area contributed by atoms with E-state index in [2.05, 4.69) is 35.0 Å². The Labute approximate surface area is 298 Å². The molecule has 3 amide bonds. The Kier molecular flexibility index (Phi) is 8.78. The molecule has 12 nitrogen and oxygen atoms in total. The van der Waals surface area contributed by atoms with Crippen molar-refractivity contribution in [3.8, 4) is 17.9 Å². The minimum absolute atomic E-state index is 0.00758. The van der Waals surface area contributed by atoms with Crippen LogP contribution in [0, 0.1) is 28.1 Å². The van der Waals surface area contributed by atoms with Crippen molar-refractivity contribution in [3.05, 3.63) is 89.0 Å². The lowest BCUT2D eigenvalue weighted by Gasteiger charge is -2.62. The number of fused-ring (bicyclic) bond motifs is 1. The van der Waals surface area contributed by atoms with Gasteiger partial charge < -0.3 is 19.9 Å². The van der Waals surface area contributed by atoms with Crippen LogP contribution < -0.4 is 14.4 Å². The summed E-state index contributed by atoms with van der Waals surface area (Å²) < 4.78 is 35.3. The van der Waals surface area contributed by atoms with E-state index in [9.17, 15) is 23.7 Å². The van der Waals surface area contributed by atoms with E-state index in [1.165, 1.54) is 42.5 Å². The van der Waals surface area contributed by atoms with Crippen molar-refractivity contribution in [1.29, 1.82) is 10.5 Å². The molecule has 3 saturated heterocycles. The van der Waals surface area contributed by atoms with Gasteiger partial charge in [-0.05, 0) is 95.2 Å². The van der Waals surface area contributed by atoms with E-state index < -0.39 is 27.5 Å². The zero-order valence-corrected chi connectivity index (χ0v) is 29.8. The van der Waals surface area contributed by atoms with Crippen molar-refractivity contribution >= 4 is 27.6 Å². The molecule has 264 valence electrons. The van der Waals surface area contributed by atoms with E-state index in [1.807, 2.05) is 6.07 Å². The fourth-order valence-corrected chi connectivity index (χ4v) is 9.66. The number of hydrogen-bond donors (Lipinski definition) is 1. The number of carbonyl (C=O) groups is 2. The van der Waals surface area contributed by atoms with E-state index in [-0.39, 0.29) is 50.6 Å². The Morgan fingerprint density at radius 1 is 0.941 bits per heavy atom. The van der Waals surface area contributed by atoms with Crippen molar-refractivity contribution in [1.82, 2.24) is 20.0 Å². The van der Waals surface area contributed by atoms with Crippen LogP contribution in [0.2, 0.25) is 0 Å². The van der Waals surface area contributed by atoms with Crippen LogP contribution in [0.15, 0.2) is 71.6 Å². The van der Waals surface area contributed by atoms with Gasteiger partial charge in [0.15, 0.2) is 5.54 Å². The highest BCUT2D eigenvalue weighted by Crippen LogP contribution is 2.50. The number of benzene rings is 3. The van der Waals surface area contributed by atoms with Crippen LogP contribution in [0.25, 0.3) is 0 Å². The second-order valence-corrected chi connectivity index (χ2v) is 16.1. The Balaban J connectivity index is 1.22. The van der Waals surface area contributed by atoms with Crippen molar-refractivity contribution in [2.45, 2.75) is 56.1 Å². The van der Waals surface area contributed by atoms with Crippen molar-refractivity contribution < 1.29 is 22.7 Å². The number of ether oxygens (including phenoxy) is 1. The van der Waals surface area contributed by atoms with E-state index in [0.29, 0.717) is 29.5 Å². The summed E-state index contributed by atoms with van der Waals surface area (Å²) in [5.74, 6) is -0.645. The molecule has 7 rings (SSSR count). The summed E-state index contributed by atoms with van der Waals surface area (Å²) in [5, 5.41) is 22.2.